The van der Waals surface area contributed by atoms with Crippen molar-refractivity contribution in [2.75, 3.05) is 0 Å². The quantitative estimate of drug-likeness (QED) is 0.698. The summed E-state index contributed by atoms with van der Waals surface area (Å²) < 4.78 is 5.81. The van der Waals surface area contributed by atoms with Crippen molar-refractivity contribution in [2.45, 2.75) is 44.2 Å². The Labute approximate surface area is 169 Å². The Hall–Kier alpha value is -2.66. The third kappa shape index (κ3) is 4.60. The van der Waals surface area contributed by atoms with Crippen LogP contribution in [0.15, 0.2) is 54.9 Å². The van der Waals surface area contributed by atoms with Crippen molar-refractivity contribution >= 4 is 28.3 Å². The summed E-state index contributed by atoms with van der Waals surface area (Å²) in [6.07, 6.45) is 7.05. The van der Waals surface area contributed by atoms with Crippen LogP contribution in [-0.2, 0) is 11.2 Å². The van der Waals surface area contributed by atoms with Crippen molar-refractivity contribution in [3.8, 4) is 6.01 Å². The van der Waals surface area contributed by atoms with Gasteiger partial charge in [-0.3, -0.25) is 4.79 Å². The number of fused-ring (bicyclic) bond motifs is 1. The summed E-state index contributed by atoms with van der Waals surface area (Å²) in [5.41, 5.74) is 1.06. The van der Waals surface area contributed by atoms with Crippen LogP contribution >= 0.6 is 11.6 Å². The molecule has 1 N–H and O–H groups in total. The molecule has 1 fully saturated rings. The van der Waals surface area contributed by atoms with E-state index in [2.05, 4.69) is 33.5 Å². The van der Waals surface area contributed by atoms with E-state index in [-0.39, 0.29) is 18.1 Å². The molecule has 0 unspecified atom stereocenters. The van der Waals surface area contributed by atoms with Crippen molar-refractivity contribution in [1.82, 2.24) is 15.3 Å². The maximum atomic E-state index is 12.6. The van der Waals surface area contributed by atoms with Crippen LogP contribution in [0, 0.1) is 0 Å². The van der Waals surface area contributed by atoms with Crippen LogP contribution < -0.4 is 10.1 Å². The maximum absolute atomic E-state index is 12.6. The number of carbonyl (C=O) groups excluding carboxylic acids is 1. The molecule has 28 heavy (non-hydrogen) atoms. The van der Waals surface area contributed by atoms with Gasteiger partial charge in [0.15, 0.2) is 0 Å². The van der Waals surface area contributed by atoms with Gasteiger partial charge in [-0.2, -0.15) is 0 Å². The summed E-state index contributed by atoms with van der Waals surface area (Å²) in [5, 5.41) is 5.97. The van der Waals surface area contributed by atoms with Crippen LogP contribution in [0.5, 0.6) is 6.01 Å². The Balaban J connectivity index is 1.28. The van der Waals surface area contributed by atoms with E-state index in [9.17, 15) is 4.79 Å². The molecule has 1 aliphatic carbocycles. The minimum Gasteiger partial charge on any atom is -0.460 e. The predicted molar refractivity (Wildman–Crippen MR) is 110 cm³/mol. The smallest absolute Gasteiger partial charge is 0.316 e. The lowest BCUT2D eigenvalue weighted by atomic mass is 9.92. The molecule has 1 saturated carbocycles. The molecule has 6 heteroatoms. The number of hydrogen-bond donors (Lipinski definition) is 1. The molecule has 0 bridgehead atoms. The molecule has 3 aromatic rings. The Morgan fingerprint density at radius 3 is 2.54 bits per heavy atom. The average Bonchev–Trinajstić information content (AvgIpc) is 2.71. The molecule has 0 spiro atoms. The number of nitrogens with one attached hydrogen (secondary N) is 1. The molecular weight excluding hydrogens is 374 g/mol. The lowest BCUT2D eigenvalue weighted by molar-refractivity contribution is -0.121. The van der Waals surface area contributed by atoms with E-state index in [1.54, 1.807) is 0 Å². The second kappa shape index (κ2) is 8.57. The van der Waals surface area contributed by atoms with Gasteiger partial charge in [0.1, 0.15) is 6.10 Å². The first kappa shape index (κ1) is 18.7. The van der Waals surface area contributed by atoms with E-state index < -0.39 is 0 Å². The van der Waals surface area contributed by atoms with Crippen molar-refractivity contribution in [1.29, 1.82) is 0 Å². The predicted octanol–water partition coefficient (Wildman–Crippen LogP) is 4.33. The first-order valence-corrected chi connectivity index (χ1v) is 9.95. The fourth-order valence-corrected chi connectivity index (χ4v) is 3.83. The lowest BCUT2D eigenvalue weighted by Gasteiger charge is -2.28. The highest BCUT2D eigenvalue weighted by molar-refractivity contribution is 6.30. The highest BCUT2D eigenvalue weighted by Crippen LogP contribution is 2.23. The van der Waals surface area contributed by atoms with Crippen LogP contribution in [0.3, 0.4) is 0 Å². The van der Waals surface area contributed by atoms with Gasteiger partial charge in [-0.25, -0.2) is 9.97 Å². The number of nitrogens with zero attached hydrogens (tertiary/aromatic N) is 2. The summed E-state index contributed by atoms with van der Waals surface area (Å²) in [6.45, 7) is 0. The number of ether oxygens (including phenoxy) is 1. The second-order valence-corrected chi connectivity index (χ2v) is 7.59. The largest absolute Gasteiger partial charge is 0.460 e. The molecule has 1 heterocycles. The first-order chi connectivity index (χ1) is 13.7. The van der Waals surface area contributed by atoms with Gasteiger partial charge in [-0.1, -0.05) is 54.1 Å². The number of benzene rings is 2. The van der Waals surface area contributed by atoms with Gasteiger partial charge in [0.25, 0.3) is 0 Å². The summed E-state index contributed by atoms with van der Waals surface area (Å²) in [6, 6.07) is 14.8. The van der Waals surface area contributed by atoms with Crippen molar-refractivity contribution in [2.24, 2.45) is 0 Å². The molecule has 0 saturated heterocycles. The minimum atomic E-state index is 0.0711. The van der Waals surface area contributed by atoms with E-state index in [0.717, 1.165) is 42.0 Å². The molecule has 0 atom stereocenters. The van der Waals surface area contributed by atoms with Gasteiger partial charge in [-0.15, -0.1) is 0 Å². The molecule has 5 nitrogen and oxygen atoms in total. The number of rotatable bonds is 5. The number of hydrogen-bond acceptors (Lipinski definition) is 4. The van der Waals surface area contributed by atoms with Crippen LogP contribution in [0.2, 0.25) is 5.02 Å². The molecular formula is C22H22ClN3O2. The molecule has 2 aromatic carbocycles. The summed E-state index contributed by atoms with van der Waals surface area (Å²) in [7, 11) is 0. The SMILES string of the molecule is O=C(Cc1cccc2ccccc12)NC1CCC(Oc2ncc(Cl)cn2)CC1. The van der Waals surface area contributed by atoms with E-state index in [1.165, 1.54) is 12.4 Å². The Morgan fingerprint density at radius 1 is 1.04 bits per heavy atom. The third-order valence-electron chi connectivity index (χ3n) is 5.14. The van der Waals surface area contributed by atoms with Gasteiger partial charge in [0.05, 0.1) is 23.8 Å². The lowest BCUT2D eigenvalue weighted by Crippen LogP contribution is -2.40. The Morgan fingerprint density at radius 2 is 1.75 bits per heavy atom. The van der Waals surface area contributed by atoms with Crippen LogP contribution in [0.4, 0.5) is 0 Å². The molecule has 4 rings (SSSR count). The van der Waals surface area contributed by atoms with Crippen LogP contribution in [0.25, 0.3) is 10.8 Å². The van der Waals surface area contributed by atoms with Gasteiger partial charge in [0.2, 0.25) is 5.91 Å². The maximum Gasteiger partial charge on any atom is 0.316 e. The van der Waals surface area contributed by atoms with Crippen molar-refractivity contribution in [3.63, 3.8) is 0 Å². The molecule has 0 aliphatic heterocycles. The standard InChI is InChI=1S/C22H22ClN3O2/c23-17-13-24-22(25-14-17)28-19-10-8-18(9-11-19)26-21(27)12-16-6-3-5-15-4-1-2-7-20(15)16/h1-7,13-14,18-19H,8-12H2,(H,26,27). The number of aromatic nitrogens is 2. The molecule has 1 amide bonds. The number of carbonyl (C=O) groups is 1. The summed E-state index contributed by atoms with van der Waals surface area (Å²) in [5.74, 6) is 0.0711. The van der Waals surface area contributed by atoms with Gasteiger partial charge >= 0.3 is 6.01 Å². The van der Waals surface area contributed by atoms with Crippen LogP contribution in [-0.4, -0.2) is 28.0 Å². The van der Waals surface area contributed by atoms with Gasteiger partial charge < -0.3 is 10.1 Å². The van der Waals surface area contributed by atoms with Crippen LogP contribution in [0.1, 0.15) is 31.2 Å². The Kier molecular flexibility index (Phi) is 5.72. The normalized spacial score (nSPS) is 19.3. The average molecular weight is 396 g/mol. The minimum absolute atomic E-state index is 0.0711. The van der Waals surface area contributed by atoms with E-state index in [4.69, 9.17) is 16.3 Å². The Bertz CT molecular complexity index is 948. The highest BCUT2D eigenvalue weighted by atomic mass is 35.5. The molecule has 0 radical (unpaired) electrons. The van der Waals surface area contributed by atoms with Crippen molar-refractivity contribution in [3.05, 3.63) is 65.4 Å². The van der Waals surface area contributed by atoms with Gasteiger partial charge in [-0.05, 0) is 42.0 Å². The number of amides is 1. The van der Waals surface area contributed by atoms with Gasteiger partial charge in [0, 0.05) is 6.04 Å². The van der Waals surface area contributed by atoms with E-state index in [0.29, 0.717) is 17.5 Å². The molecule has 1 aliphatic rings. The molecule has 1 aromatic heterocycles. The zero-order chi connectivity index (χ0) is 19.3. The fourth-order valence-electron chi connectivity index (χ4n) is 3.73. The first-order valence-electron chi connectivity index (χ1n) is 9.57. The van der Waals surface area contributed by atoms with E-state index in [1.807, 2.05) is 24.3 Å². The summed E-state index contributed by atoms with van der Waals surface area (Å²) in [4.78, 5) is 20.7. The number of halogens is 1. The zero-order valence-electron chi connectivity index (χ0n) is 15.5. The highest BCUT2D eigenvalue weighted by Gasteiger charge is 2.24. The topological polar surface area (TPSA) is 64.1 Å². The monoisotopic (exact) mass is 395 g/mol. The fraction of sp³-hybridized carbons (Fsp3) is 0.318. The molecule has 144 valence electrons. The van der Waals surface area contributed by atoms with E-state index >= 15 is 0 Å². The zero-order valence-corrected chi connectivity index (χ0v) is 16.2. The second-order valence-electron chi connectivity index (χ2n) is 7.16. The summed E-state index contributed by atoms with van der Waals surface area (Å²) >= 11 is 5.79. The third-order valence-corrected chi connectivity index (χ3v) is 5.33. The van der Waals surface area contributed by atoms with Crippen molar-refractivity contribution < 1.29 is 9.53 Å².